The molecule has 4 nitrogen and oxygen atoms in total. The second kappa shape index (κ2) is 12.9. The van der Waals surface area contributed by atoms with Gasteiger partial charge in [0.25, 0.3) is 0 Å². The third kappa shape index (κ3) is 7.55. The molecule has 0 saturated carbocycles. The topological polar surface area (TPSA) is 49.4 Å². The fraction of sp³-hybridized carbons (Fsp3) is 0.188. The number of benzene rings is 4. The van der Waals surface area contributed by atoms with E-state index >= 15 is 0 Å². The van der Waals surface area contributed by atoms with Crippen LogP contribution in [0.15, 0.2) is 109 Å². The maximum Gasteiger partial charge on any atom is 0.247 e. The zero-order valence-electron chi connectivity index (χ0n) is 20.9. The summed E-state index contributed by atoms with van der Waals surface area (Å²) in [4.78, 5) is 29.1. The average molecular weight is 511 g/mol. The zero-order valence-corrected chi connectivity index (χ0v) is 21.7. The van der Waals surface area contributed by atoms with Crippen molar-refractivity contribution < 1.29 is 9.59 Å². The quantitative estimate of drug-likeness (QED) is 0.259. The molecule has 188 valence electrons. The standard InChI is InChI=1S/C32H31ClN2O2/c1-24-12-14-26(15-13-24)22-34-32(37)31(28-10-6-3-7-11-28)35(23-27-16-19-29(33)20-17-27)30(36)21-18-25-8-4-2-5-9-25/h2-17,19-20,31H,18,21-23H2,1H3,(H,34,37). The normalized spacial score (nSPS) is 11.5. The van der Waals surface area contributed by atoms with Crippen LogP contribution in [0.2, 0.25) is 5.02 Å². The van der Waals surface area contributed by atoms with E-state index in [2.05, 4.69) is 5.32 Å². The SMILES string of the molecule is Cc1ccc(CNC(=O)C(c2ccccc2)N(Cc2ccc(Cl)cc2)C(=O)CCc2ccccc2)cc1. The molecule has 0 radical (unpaired) electrons. The van der Waals surface area contributed by atoms with Crippen molar-refractivity contribution >= 4 is 23.4 Å². The third-order valence-corrected chi connectivity index (χ3v) is 6.57. The van der Waals surface area contributed by atoms with Crippen molar-refractivity contribution in [3.63, 3.8) is 0 Å². The number of nitrogens with one attached hydrogen (secondary N) is 1. The van der Waals surface area contributed by atoms with Gasteiger partial charge >= 0.3 is 0 Å². The fourth-order valence-corrected chi connectivity index (χ4v) is 4.38. The number of amides is 2. The highest BCUT2D eigenvalue weighted by atomic mass is 35.5. The summed E-state index contributed by atoms with van der Waals surface area (Å²) < 4.78 is 0. The maximum absolute atomic E-state index is 13.7. The van der Waals surface area contributed by atoms with E-state index in [-0.39, 0.29) is 11.8 Å². The van der Waals surface area contributed by atoms with Crippen molar-refractivity contribution in [1.82, 2.24) is 10.2 Å². The Morgan fingerprint density at radius 2 is 1.35 bits per heavy atom. The van der Waals surface area contributed by atoms with Gasteiger partial charge in [0.2, 0.25) is 11.8 Å². The van der Waals surface area contributed by atoms with Crippen molar-refractivity contribution in [2.75, 3.05) is 0 Å². The van der Waals surface area contributed by atoms with Crippen LogP contribution in [0.3, 0.4) is 0 Å². The van der Waals surface area contributed by atoms with E-state index in [9.17, 15) is 9.59 Å². The minimum absolute atomic E-state index is 0.0851. The number of carbonyl (C=O) groups excluding carboxylic acids is 2. The van der Waals surface area contributed by atoms with Gasteiger partial charge in [-0.3, -0.25) is 9.59 Å². The summed E-state index contributed by atoms with van der Waals surface area (Å²) >= 11 is 6.10. The minimum Gasteiger partial charge on any atom is -0.350 e. The van der Waals surface area contributed by atoms with E-state index in [1.54, 1.807) is 17.0 Å². The molecule has 0 aliphatic heterocycles. The van der Waals surface area contributed by atoms with E-state index in [1.807, 2.05) is 104 Å². The summed E-state index contributed by atoms with van der Waals surface area (Å²) in [6.45, 7) is 2.71. The average Bonchev–Trinajstić information content (AvgIpc) is 2.93. The molecule has 0 spiro atoms. The molecule has 1 atom stereocenters. The van der Waals surface area contributed by atoms with Crippen molar-refractivity contribution in [3.05, 3.63) is 142 Å². The molecule has 5 heteroatoms. The molecule has 4 aromatic carbocycles. The van der Waals surface area contributed by atoms with E-state index < -0.39 is 6.04 Å². The van der Waals surface area contributed by atoms with Crippen LogP contribution in [0.25, 0.3) is 0 Å². The van der Waals surface area contributed by atoms with Crippen LogP contribution in [0.1, 0.15) is 40.3 Å². The number of aryl methyl sites for hydroxylation is 2. The first-order valence-electron chi connectivity index (χ1n) is 12.5. The van der Waals surface area contributed by atoms with Gasteiger partial charge in [0.15, 0.2) is 0 Å². The number of hydrogen-bond acceptors (Lipinski definition) is 2. The minimum atomic E-state index is -0.773. The zero-order chi connectivity index (χ0) is 26.0. The monoisotopic (exact) mass is 510 g/mol. The molecule has 0 aliphatic rings. The first-order valence-corrected chi connectivity index (χ1v) is 12.8. The van der Waals surface area contributed by atoms with Gasteiger partial charge in [-0.2, -0.15) is 0 Å². The van der Waals surface area contributed by atoms with Crippen molar-refractivity contribution in [2.24, 2.45) is 0 Å². The number of carbonyl (C=O) groups is 2. The smallest absolute Gasteiger partial charge is 0.247 e. The summed E-state index contributed by atoms with van der Waals surface area (Å²) in [6, 6.07) is 34.1. The van der Waals surface area contributed by atoms with E-state index in [1.165, 1.54) is 0 Å². The maximum atomic E-state index is 13.7. The number of rotatable bonds is 10. The van der Waals surface area contributed by atoms with E-state index in [4.69, 9.17) is 11.6 Å². The van der Waals surface area contributed by atoms with Crippen LogP contribution >= 0.6 is 11.6 Å². The van der Waals surface area contributed by atoms with Gasteiger partial charge < -0.3 is 10.2 Å². The lowest BCUT2D eigenvalue weighted by Crippen LogP contribution is -2.43. The Morgan fingerprint density at radius 3 is 2.00 bits per heavy atom. The molecular weight excluding hydrogens is 480 g/mol. The van der Waals surface area contributed by atoms with Crippen molar-refractivity contribution in [2.45, 2.75) is 38.9 Å². The molecule has 0 bridgehead atoms. The van der Waals surface area contributed by atoms with Gasteiger partial charge in [-0.25, -0.2) is 0 Å². The number of halogens is 1. The molecule has 0 saturated heterocycles. The highest BCUT2D eigenvalue weighted by Crippen LogP contribution is 2.26. The first-order chi connectivity index (χ1) is 18.0. The van der Waals surface area contributed by atoms with Gasteiger partial charge in [-0.1, -0.05) is 114 Å². The number of hydrogen-bond donors (Lipinski definition) is 1. The highest BCUT2D eigenvalue weighted by Gasteiger charge is 2.31. The molecule has 1 N–H and O–H groups in total. The van der Waals surface area contributed by atoms with Crippen LogP contribution in [0.4, 0.5) is 0 Å². The van der Waals surface area contributed by atoms with Crippen LogP contribution in [-0.2, 0) is 29.1 Å². The Morgan fingerprint density at radius 1 is 0.757 bits per heavy atom. The van der Waals surface area contributed by atoms with Gasteiger partial charge in [-0.15, -0.1) is 0 Å². The van der Waals surface area contributed by atoms with Crippen LogP contribution in [-0.4, -0.2) is 16.7 Å². The Hall–Kier alpha value is -3.89. The predicted octanol–water partition coefficient (Wildman–Crippen LogP) is 6.67. The molecular formula is C32H31ClN2O2. The molecule has 2 amide bonds. The first kappa shape index (κ1) is 26.2. The molecule has 0 aromatic heterocycles. The van der Waals surface area contributed by atoms with Gasteiger partial charge in [0.05, 0.1) is 0 Å². The largest absolute Gasteiger partial charge is 0.350 e. The van der Waals surface area contributed by atoms with Gasteiger partial charge in [0.1, 0.15) is 6.04 Å². The molecule has 4 aromatic rings. The second-order valence-electron chi connectivity index (χ2n) is 9.15. The van der Waals surface area contributed by atoms with Crippen molar-refractivity contribution in [1.29, 1.82) is 0 Å². The lowest BCUT2D eigenvalue weighted by atomic mass is 10.0. The summed E-state index contributed by atoms with van der Waals surface area (Å²) in [6.07, 6.45) is 0.898. The lowest BCUT2D eigenvalue weighted by Gasteiger charge is -2.32. The Bertz CT molecular complexity index is 1290. The fourth-order valence-electron chi connectivity index (χ4n) is 4.25. The summed E-state index contributed by atoms with van der Waals surface area (Å²) in [5, 5.41) is 3.69. The molecule has 0 aliphatic carbocycles. The third-order valence-electron chi connectivity index (χ3n) is 6.32. The molecule has 0 fully saturated rings. The summed E-state index contributed by atoms with van der Waals surface area (Å²) in [7, 11) is 0. The Kier molecular flexibility index (Phi) is 9.12. The number of nitrogens with zero attached hydrogens (tertiary/aromatic N) is 1. The lowest BCUT2D eigenvalue weighted by molar-refractivity contribution is -0.141. The van der Waals surface area contributed by atoms with E-state index in [0.717, 1.165) is 27.8 Å². The van der Waals surface area contributed by atoms with Crippen LogP contribution in [0.5, 0.6) is 0 Å². The molecule has 1 unspecified atom stereocenters. The van der Waals surface area contributed by atoms with Crippen molar-refractivity contribution in [3.8, 4) is 0 Å². The predicted molar refractivity (Wildman–Crippen MR) is 149 cm³/mol. The molecule has 0 heterocycles. The van der Waals surface area contributed by atoms with Crippen LogP contribution < -0.4 is 5.32 Å². The summed E-state index contributed by atoms with van der Waals surface area (Å²) in [5.41, 5.74) is 4.93. The van der Waals surface area contributed by atoms with Crippen LogP contribution in [0, 0.1) is 6.92 Å². The second-order valence-corrected chi connectivity index (χ2v) is 9.59. The molecule has 37 heavy (non-hydrogen) atoms. The Balaban J connectivity index is 1.62. The van der Waals surface area contributed by atoms with Gasteiger partial charge in [-0.05, 0) is 47.7 Å². The summed E-state index contributed by atoms with van der Waals surface area (Å²) in [5.74, 6) is -0.299. The molecule has 4 rings (SSSR count). The Labute approximate surface area is 223 Å². The van der Waals surface area contributed by atoms with E-state index in [0.29, 0.717) is 31.0 Å². The van der Waals surface area contributed by atoms with Gasteiger partial charge in [0, 0.05) is 24.5 Å². The highest BCUT2D eigenvalue weighted by molar-refractivity contribution is 6.30.